The summed E-state index contributed by atoms with van der Waals surface area (Å²) < 4.78 is 29.6. The Kier molecular flexibility index (Phi) is 5.75. The third-order valence-corrected chi connectivity index (χ3v) is 3.64. The minimum atomic E-state index is -3.05. The first-order valence-electron chi connectivity index (χ1n) is 7.51. The summed E-state index contributed by atoms with van der Waals surface area (Å²) in [5.41, 5.74) is 0.901. The second-order valence-electron chi connectivity index (χ2n) is 5.46. The van der Waals surface area contributed by atoms with Gasteiger partial charge in [-0.15, -0.1) is 0 Å². The second kappa shape index (κ2) is 7.79. The van der Waals surface area contributed by atoms with E-state index < -0.39 is 12.4 Å². The summed E-state index contributed by atoms with van der Waals surface area (Å²) in [5, 5.41) is 0. The number of ether oxygens (including phenoxy) is 1. The SMILES string of the molecule is CC(=O)c1ccc(OC(F)F)c(CC(=O)c2ccccc2C(C)=O)c1. The van der Waals surface area contributed by atoms with Crippen LogP contribution in [0.3, 0.4) is 0 Å². The zero-order valence-electron chi connectivity index (χ0n) is 13.7. The minimum absolute atomic E-state index is 0.163. The van der Waals surface area contributed by atoms with Crippen molar-refractivity contribution >= 4 is 17.3 Å². The molecule has 0 saturated heterocycles. The molecule has 2 aromatic carbocycles. The maximum absolute atomic E-state index is 12.6. The number of ketones is 3. The highest BCUT2D eigenvalue weighted by atomic mass is 19.3. The molecule has 2 aromatic rings. The number of halogens is 2. The summed E-state index contributed by atoms with van der Waals surface area (Å²) in [7, 11) is 0. The van der Waals surface area contributed by atoms with E-state index in [1.54, 1.807) is 12.1 Å². The van der Waals surface area contributed by atoms with E-state index in [2.05, 4.69) is 4.74 Å². The van der Waals surface area contributed by atoms with Gasteiger partial charge < -0.3 is 4.74 Å². The van der Waals surface area contributed by atoms with Gasteiger partial charge >= 0.3 is 6.61 Å². The summed E-state index contributed by atoms with van der Waals surface area (Å²) in [6.07, 6.45) is -0.270. The fourth-order valence-corrected chi connectivity index (χ4v) is 2.45. The fraction of sp³-hybridized carbons (Fsp3) is 0.211. The zero-order chi connectivity index (χ0) is 18.6. The summed E-state index contributed by atoms with van der Waals surface area (Å²) in [6.45, 7) is -0.380. The van der Waals surface area contributed by atoms with Crippen LogP contribution in [0.4, 0.5) is 8.78 Å². The van der Waals surface area contributed by atoms with E-state index in [0.717, 1.165) is 0 Å². The average molecular weight is 346 g/mol. The maximum atomic E-state index is 12.6. The topological polar surface area (TPSA) is 60.4 Å². The third kappa shape index (κ3) is 4.56. The van der Waals surface area contributed by atoms with Crippen molar-refractivity contribution in [2.75, 3.05) is 0 Å². The molecule has 0 bridgehead atoms. The van der Waals surface area contributed by atoms with Gasteiger partial charge in [0, 0.05) is 28.7 Å². The summed E-state index contributed by atoms with van der Waals surface area (Å²) in [6, 6.07) is 10.2. The maximum Gasteiger partial charge on any atom is 0.387 e. The first-order valence-corrected chi connectivity index (χ1v) is 7.51. The van der Waals surface area contributed by atoms with Crippen molar-refractivity contribution in [1.82, 2.24) is 0 Å². The van der Waals surface area contributed by atoms with Gasteiger partial charge in [0.2, 0.25) is 0 Å². The van der Waals surface area contributed by atoms with Crippen molar-refractivity contribution in [1.29, 1.82) is 0 Å². The summed E-state index contributed by atoms with van der Waals surface area (Å²) in [5.74, 6) is -1.13. The fourth-order valence-electron chi connectivity index (χ4n) is 2.45. The molecule has 4 nitrogen and oxygen atoms in total. The third-order valence-electron chi connectivity index (χ3n) is 3.64. The van der Waals surface area contributed by atoms with Crippen LogP contribution in [0.5, 0.6) is 5.75 Å². The molecule has 0 unspecified atom stereocenters. The van der Waals surface area contributed by atoms with Crippen molar-refractivity contribution in [3.63, 3.8) is 0 Å². The normalized spacial score (nSPS) is 10.6. The van der Waals surface area contributed by atoms with Crippen molar-refractivity contribution in [3.05, 3.63) is 64.7 Å². The molecule has 0 heterocycles. The Morgan fingerprint density at radius 3 is 2.16 bits per heavy atom. The number of hydrogen-bond acceptors (Lipinski definition) is 4. The van der Waals surface area contributed by atoms with Gasteiger partial charge in [-0.2, -0.15) is 8.78 Å². The average Bonchev–Trinajstić information content (AvgIpc) is 2.55. The van der Waals surface area contributed by atoms with E-state index in [9.17, 15) is 23.2 Å². The predicted octanol–water partition coefficient (Wildman–Crippen LogP) is 4.12. The van der Waals surface area contributed by atoms with Gasteiger partial charge in [0.1, 0.15) is 5.75 Å². The highest BCUT2D eigenvalue weighted by molar-refractivity contribution is 6.08. The van der Waals surface area contributed by atoms with Crippen LogP contribution in [-0.4, -0.2) is 24.0 Å². The lowest BCUT2D eigenvalue weighted by molar-refractivity contribution is -0.0504. The van der Waals surface area contributed by atoms with Crippen molar-refractivity contribution in [2.45, 2.75) is 26.9 Å². The number of carbonyl (C=O) groups is 3. The Bertz CT molecular complexity index is 828. The molecule has 0 aliphatic heterocycles. The molecule has 0 atom stereocenters. The minimum Gasteiger partial charge on any atom is -0.435 e. The molecular formula is C19H16F2O4. The van der Waals surface area contributed by atoms with Crippen molar-refractivity contribution in [3.8, 4) is 5.75 Å². The highest BCUT2D eigenvalue weighted by Crippen LogP contribution is 2.25. The van der Waals surface area contributed by atoms with Crippen LogP contribution in [0.2, 0.25) is 0 Å². The van der Waals surface area contributed by atoms with Crippen LogP contribution in [0.1, 0.15) is 50.5 Å². The first-order chi connectivity index (χ1) is 11.8. The monoisotopic (exact) mass is 346 g/mol. The Labute approximate surface area is 143 Å². The van der Waals surface area contributed by atoms with Crippen molar-refractivity contribution in [2.24, 2.45) is 0 Å². The van der Waals surface area contributed by atoms with E-state index in [4.69, 9.17) is 0 Å². The molecule has 0 aliphatic carbocycles. The lowest BCUT2D eigenvalue weighted by Crippen LogP contribution is -2.12. The van der Waals surface area contributed by atoms with E-state index in [1.807, 2.05) is 0 Å². The van der Waals surface area contributed by atoms with Gasteiger partial charge in [-0.1, -0.05) is 24.3 Å². The molecule has 2 rings (SSSR count). The quantitative estimate of drug-likeness (QED) is 0.708. The van der Waals surface area contributed by atoms with Gasteiger partial charge in [0.15, 0.2) is 17.3 Å². The lowest BCUT2D eigenvalue weighted by Gasteiger charge is -2.12. The molecule has 0 aromatic heterocycles. The molecule has 0 amide bonds. The van der Waals surface area contributed by atoms with E-state index in [0.29, 0.717) is 0 Å². The van der Waals surface area contributed by atoms with Crippen LogP contribution >= 0.6 is 0 Å². The molecule has 0 N–H and O–H groups in total. The van der Waals surface area contributed by atoms with Crippen LogP contribution in [0, 0.1) is 0 Å². The Morgan fingerprint density at radius 1 is 0.960 bits per heavy atom. The van der Waals surface area contributed by atoms with E-state index in [-0.39, 0.29) is 46.0 Å². The number of carbonyl (C=O) groups excluding carboxylic acids is 3. The Balaban J connectivity index is 2.41. The van der Waals surface area contributed by atoms with Crippen LogP contribution in [-0.2, 0) is 6.42 Å². The molecule has 25 heavy (non-hydrogen) atoms. The number of alkyl halides is 2. The summed E-state index contributed by atoms with van der Waals surface area (Å²) >= 11 is 0. The molecule has 0 aliphatic rings. The molecule has 0 fully saturated rings. The number of benzene rings is 2. The van der Waals surface area contributed by atoms with E-state index in [1.165, 1.54) is 44.2 Å². The molecule has 0 saturated carbocycles. The van der Waals surface area contributed by atoms with Crippen LogP contribution in [0.25, 0.3) is 0 Å². The molecule has 0 radical (unpaired) electrons. The van der Waals surface area contributed by atoms with Crippen LogP contribution < -0.4 is 4.74 Å². The van der Waals surface area contributed by atoms with Gasteiger partial charge in [0.05, 0.1) is 0 Å². The van der Waals surface area contributed by atoms with Gasteiger partial charge in [-0.05, 0) is 32.0 Å². The Hall–Kier alpha value is -2.89. The molecule has 0 spiro atoms. The van der Waals surface area contributed by atoms with Gasteiger partial charge in [-0.3, -0.25) is 14.4 Å². The highest BCUT2D eigenvalue weighted by Gasteiger charge is 2.18. The number of Topliss-reactive ketones (excluding diaryl/α,β-unsaturated/α-hetero) is 3. The largest absolute Gasteiger partial charge is 0.435 e. The standard InChI is InChI=1S/C19H16F2O4/c1-11(22)13-7-8-18(25-19(20)21)14(9-13)10-17(24)16-6-4-3-5-15(16)12(2)23/h3-9,19H,10H2,1-2H3. The van der Waals surface area contributed by atoms with Gasteiger partial charge in [0.25, 0.3) is 0 Å². The first kappa shape index (κ1) is 18.4. The molecule has 130 valence electrons. The Morgan fingerprint density at radius 2 is 1.60 bits per heavy atom. The van der Waals surface area contributed by atoms with E-state index >= 15 is 0 Å². The lowest BCUT2D eigenvalue weighted by atomic mass is 9.95. The zero-order valence-corrected chi connectivity index (χ0v) is 13.7. The van der Waals surface area contributed by atoms with Crippen LogP contribution in [0.15, 0.2) is 42.5 Å². The van der Waals surface area contributed by atoms with Crippen molar-refractivity contribution < 1.29 is 27.9 Å². The van der Waals surface area contributed by atoms with Gasteiger partial charge in [-0.25, -0.2) is 0 Å². The molecular weight excluding hydrogens is 330 g/mol. The predicted molar refractivity (Wildman–Crippen MR) is 87.6 cm³/mol. The smallest absolute Gasteiger partial charge is 0.387 e. The molecule has 6 heteroatoms. The second-order valence-corrected chi connectivity index (χ2v) is 5.46. The summed E-state index contributed by atoms with van der Waals surface area (Å²) in [4.78, 5) is 35.7. The number of hydrogen-bond donors (Lipinski definition) is 0. The number of rotatable bonds is 7.